The summed E-state index contributed by atoms with van der Waals surface area (Å²) in [6.07, 6.45) is 9.37. The Labute approximate surface area is 87.4 Å². The van der Waals surface area contributed by atoms with Gasteiger partial charge in [-0.3, -0.25) is 4.99 Å². The van der Waals surface area contributed by atoms with Crippen molar-refractivity contribution in [1.82, 2.24) is 4.90 Å². The molecule has 0 aromatic heterocycles. The summed E-state index contributed by atoms with van der Waals surface area (Å²) in [7, 11) is 2.21. The van der Waals surface area contributed by atoms with Gasteiger partial charge in [0.1, 0.15) is 0 Å². The highest BCUT2D eigenvalue weighted by molar-refractivity contribution is 5.85. The van der Waals surface area contributed by atoms with Crippen LogP contribution in [0.2, 0.25) is 0 Å². The summed E-state index contributed by atoms with van der Waals surface area (Å²) >= 11 is 0. The Morgan fingerprint density at radius 3 is 2.36 bits per heavy atom. The molecule has 2 fully saturated rings. The number of rotatable bonds is 1. The molecule has 2 aliphatic rings. The molecular formula is C12H22N2. The highest BCUT2D eigenvalue weighted by atomic mass is 15.1. The van der Waals surface area contributed by atoms with Crippen molar-refractivity contribution >= 4 is 5.71 Å². The third kappa shape index (κ3) is 2.81. The molecule has 1 aliphatic heterocycles. The highest BCUT2D eigenvalue weighted by Crippen LogP contribution is 2.21. The van der Waals surface area contributed by atoms with Gasteiger partial charge in [-0.15, -0.1) is 0 Å². The first-order valence-electron chi connectivity index (χ1n) is 6.09. The number of piperidine rings is 1. The lowest BCUT2D eigenvalue weighted by molar-refractivity contribution is 0.334. The van der Waals surface area contributed by atoms with Gasteiger partial charge in [0.2, 0.25) is 0 Å². The molecule has 1 heterocycles. The second-order valence-electron chi connectivity index (χ2n) is 4.79. The number of likely N-dealkylation sites (tertiary alicyclic amines) is 1. The maximum atomic E-state index is 4.92. The van der Waals surface area contributed by atoms with E-state index in [-0.39, 0.29) is 0 Å². The van der Waals surface area contributed by atoms with Gasteiger partial charge in [-0.1, -0.05) is 19.3 Å². The Morgan fingerprint density at radius 1 is 1.07 bits per heavy atom. The van der Waals surface area contributed by atoms with Crippen LogP contribution in [0.3, 0.4) is 0 Å². The molecule has 1 saturated carbocycles. The SMILES string of the molecule is CN1CCC(=NC2CCCCC2)CC1. The summed E-state index contributed by atoms with van der Waals surface area (Å²) in [6, 6.07) is 0.683. The van der Waals surface area contributed by atoms with Crippen molar-refractivity contribution in [2.24, 2.45) is 4.99 Å². The first-order chi connectivity index (χ1) is 6.84. The molecule has 0 bridgehead atoms. The van der Waals surface area contributed by atoms with Crippen LogP contribution in [0, 0.1) is 0 Å². The lowest BCUT2D eigenvalue weighted by Crippen LogP contribution is -2.31. The minimum absolute atomic E-state index is 0.683. The summed E-state index contributed by atoms with van der Waals surface area (Å²) in [5.41, 5.74) is 1.50. The van der Waals surface area contributed by atoms with Crippen LogP contribution in [0.1, 0.15) is 44.9 Å². The lowest BCUT2D eigenvalue weighted by Gasteiger charge is -2.25. The molecule has 0 atom stereocenters. The standard InChI is InChI=1S/C12H22N2/c1-14-9-7-12(8-10-14)13-11-5-3-2-4-6-11/h11H,2-10H2,1H3. The largest absolute Gasteiger partial charge is 0.306 e. The molecule has 14 heavy (non-hydrogen) atoms. The van der Waals surface area contributed by atoms with Gasteiger partial charge in [0.15, 0.2) is 0 Å². The quantitative estimate of drug-likeness (QED) is 0.626. The molecule has 1 saturated heterocycles. The molecule has 0 aromatic carbocycles. The Morgan fingerprint density at radius 2 is 1.71 bits per heavy atom. The maximum absolute atomic E-state index is 4.92. The molecular weight excluding hydrogens is 172 g/mol. The average molecular weight is 194 g/mol. The predicted octanol–water partition coefficient (Wildman–Crippen LogP) is 2.49. The summed E-state index contributed by atoms with van der Waals surface area (Å²) in [5.74, 6) is 0. The second kappa shape index (κ2) is 4.92. The van der Waals surface area contributed by atoms with Crippen LogP contribution < -0.4 is 0 Å². The summed E-state index contributed by atoms with van der Waals surface area (Å²) in [6.45, 7) is 2.43. The lowest BCUT2D eigenvalue weighted by atomic mass is 9.95. The fourth-order valence-electron chi connectivity index (χ4n) is 2.47. The fraction of sp³-hybridized carbons (Fsp3) is 0.917. The Bertz CT molecular complexity index is 194. The number of hydrogen-bond acceptors (Lipinski definition) is 2. The van der Waals surface area contributed by atoms with E-state index in [0.717, 1.165) is 0 Å². The molecule has 1 aliphatic carbocycles. The zero-order chi connectivity index (χ0) is 9.80. The van der Waals surface area contributed by atoms with Crippen LogP contribution in [0.25, 0.3) is 0 Å². The van der Waals surface area contributed by atoms with Crippen molar-refractivity contribution in [2.45, 2.75) is 51.0 Å². The van der Waals surface area contributed by atoms with E-state index in [1.807, 2.05) is 0 Å². The fourth-order valence-corrected chi connectivity index (χ4v) is 2.47. The van der Waals surface area contributed by atoms with Crippen molar-refractivity contribution in [3.05, 3.63) is 0 Å². The van der Waals surface area contributed by atoms with Crippen molar-refractivity contribution in [2.75, 3.05) is 20.1 Å². The summed E-state index contributed by atoms with van der Waals surface area (Å²) in [4.78, 5) is 7.32. The van der Waals surface area contributed by atoms with Crippen LogP contribution in [0.4, 0.5) is 0 Å². The first-order valence-corrected chi connectivity index (χ1v) is 6.09. The second-order valence-corrected chi connectivity index (χ2v) is 4.79. The highest BCUT2D eigenvalue weighted by Gasteiger charge is 2.15. The zero-order valence-corrected chi connectivity index (χ0v) is 9.34. The van der Waals surface area contributed by atoms with Crippen molar-refractivity contribution in [3.8, 4) is 0 Å². The van der Waals surface area contributed by atoms with E-state index in [4.69, 9.17) is 4.99 Å². The molecule has 0 unspecified atom stereocenters. The van der Waals surface area contributed by atoms with Gasteiger partial charge in [0, 0.05) is 24.8 Å². The maximum Gasteiger partial charge on any atom is 0.0499 e. The minimum atomic E-state index is 0.683. The third-order valence-corrected chi connectivity index (χ3v) is 3.50. The van der Waals surface area contributed by atoms with Gasteiger partial charge >= 0.3 is 0 Å². The van der Waals surface area contributed by atoms with E-state index < -0.39 is 0 Å². The van der Waals surface area contributed by atoms with E-state index in [0.29, 0.717) is 6.04 Å². The molecule has 0 aromatic rings. The van der Waals surface area contributed by atoms with Crippen LogP contribution in [0.15, 0.2) is 4.99 Å². The van der Waals surface area contributed by atoms with E-state index in [1.54, 1.807) is 0 Å². The van der Waals surface area contributed by atoms with Gasteiger partial charge in [0.05, 0.1) is 0 Å². The molecule has 80 valence electrons. The molecule has 0 N–H and O–H groups in total. The molecule has 2 nitrogen and oxygen atoms in total. The van der Waals surface area contributed by atoms with Gasteiger partial charge < -0.3 is 4.90 Å². The summed E-state index contributed by atoms with van der Waals surface area (Å²) in [5, 5.41) is 0. The van der Waals surface area contributed by atoms with E-state index in [2.05, 4.69) is 11.9 Å². The van der Waals surface area contributed by atoms with Gasteiger partial charge in [-0.25, -0.2) is 0 Å². The summed E-state index contributed by atoms with van der Waals surface area (Å²) < 4.78 is 0. The van der Waals surface area contributed by atoms with Crippen LogP contribution in [0.5, 0.6) is 0 Å². The average Bonchev–Trinajstić information content (AvgIpc) is 2.23. The van der Waals surface area contributed by atoms with Crippen molar-refractivity contribution in [3.63, 3.8) is 0 Å². The minimum Gasteiger partial charge on any atom is -0.306 e. The van der Waals surface area contributed by atoms with Crippen molar-refractivity contribution < 1.29 is 0 Å². The van der Waals surface area contributed by atoms with Gasteiger partial charge in [-0.05, 0) is 32.7 Å². The van der Waals surface area contributed by atoms with Crippen LogP contribution in [-0.4, -0.2) is 36.8 Å². The first kappa shape index (κ1) is 10.2. The number of hydrogen-bond donors (Lipinski definition) is 0. The number of aliphatic imine (C=N–C) groups is 1. The molecule has 0 radical (unpaired) electrons. The molecule has 0 spiro atoms. The van der Waals surface area contributed by atoms with Crippen molar-refractivity contribution in [1.29, 1.82) is 0 Å². The molecule has 0 amide bonds. The van der Waals surface area contributed by atoms with E-state index in [9.17, 15) is 0 Å². The van der Waals surface area contributed by atoms with Crippen LogP contribution >= 0.6 is 0 Å². The Hall–Kier alpha value is -0.370. The molecule has 2 heteroatoms. The Kier molecular flexibility index (Phi) is 3.57. The van der Waals surface area contributed by atoms with E-state index >= 15 is 0 Å². The Balaban J connectivity index is 1.83. The molecule has 2 rings (SSSR count). The van der Waals surface area contributed by atoms with E-state index in [1.165, 1.54) is 63.7 Å². The third-order valence-electron chi connectivity index (χ3n) is 3.50. The zero-order valence-electron chi connectivity index (χ0n) is 9.34. The topological polar surface area (TPSA) is 15.6 Å². The van der Waals surface area contributed by atoms with Gasteiger partial charge in [-0.2, -0.15) is 0 Å². The predicted molar refractivity (Wildman–Crippen MR) is 61.0 cm³/mol. The monoisotopic (exact) mass is 194 g/mol. The smallest absolute Gasteiger partial charge is 0.0499 e. The van der Waals surface area contributed by atoms with Crippen LogP contribution in [-0.2, 0) is 0 Å². The van der Waals surface area contributed by atoms with Gasteiger partial charge in [0.25, 0.3) is 0 Å². The number of nitrogens with zero attached hydrogens (tertiary/aromatic N) is 2. The normalized spacial score (nSPS) is 26.5.